The van der Waals surface area contributed by atoms with E-state index in [0.717, 1.165) is 4.88 Å². The Kier molecular flexibility index (Phi) is 3.82. The van der Waals surface area contributed by atoms with Crippen molar-refractivity contribution < 1.29 is 27.3 Å². The summed E-state index contributed by atoms with van der Waals surface area (Å²) in [6, 6.07) is 3.55. The molecule has 1 saturated heterocycles. The summed E-state index contributed by atoms with van der Waals surface area (Å²) in [5, 5.41) is 4.16. The predicted octanol–water partition coefficient (Wildman–Crippen LogP) is -0.606. The van der Waals surface area contributed by atoms with Crippen molar-refractivity contribution in [3.8, 4) is 0 Å². The first-order chi connectivity index (χ1) is 9.28. The summed E-state index contributed by atoms with van der Waals surface area (Å²) >= 11 is 1.38. The lowest BCUT2D eigenvalue weighted by molar-refractivity contribution is -0.180. The van der Waals surface area contributed by atoms with E-state index in [-0.39, 0.29) is 10.7 Å². The van der Waals surface area contributed by atoms with E-state index in [1.54, 1.807) is 12.1 Å². The Hall–Kier alpha value is -1.49. The number of thiophene rings is 1. The van der Waals surface area contributed by atoms with E-state index < -0.39 is 34.4 Å². The lowest BCUT2D eigenvalue weighted by atomic mass is 10.1. The van der Waals surface area contributed by atoms with Gasteiger partial charge in [0, 0.05) is 12.0 Å². The van der Waals surface area contributed by atoms with Crippen LogP contribution in [0, 0.1) is 0 Å². The van der Waals surface area contributed by atoms with Crippen molar-refractivity contribution in [2.45, 2.75) is 12.1 Å². The number of rotatable bonds is 5. The number of hydrogen-bond acceptors (Lipinski definition) is 6. The molecular weight excluding hydrogens is 308 g/mol. The van der Waals surface area contributed by atoms with Crippen LogP contribution < -0.4 is 5.32 Å². The number of amides is 2. The van der Waals surface area contributed by atoms with Gasteiger partial charge in [-0.25, -0.2) is 4.31 Å². The first-order valence-corrected chi connectivity index (χ1v) is 7.74. The molecule has 0 spiro atoms. The SMILES string of the molecule is COC1(NC(=O)Cc2cccs2)CN(S(=O)(=O)O)C1=O. The third kappa shape index (κ3) is 2.68. The fourth-order valence-corrected chi connectivity index (χ4v) is 3.18. The molecule has 2 amide bonds. The number of β-lactam (4-membered cyclic amide) rings is 1. The van der Waals surface area contributed by atoms with Gasteiger partial charge in [-0.2, -0.15) is 8.42 Å². The molecule has 1 aliphatic heterocycles. The molecule has 0 bridgehead atoms. The maximum atomic E-state index is 11.8. The van der Waals surface area contributed by atoms with Gasteiger partial charge < -0.3 is 10.1 Å². The fourth-order valence-electron chi connectivity index (χ4n) is 1.77. The predicted molar refractivity (Wildman–Crippen MR) is 69.2 cm³/mol. The van der Waals surface area contributed by atoms with Crippen LogP contribution in [-0.2, 0) is 31.1 Å². The van der Waals surface area contributed by atoms with E-state index in [1.165, 1.54) is 18.4 Å². The van der Waals surface area contributed by atoms with Crippen LogP contribution in [-0.4, -0.2) is 48.5 Å². The standard InChI is InChI=1S/C10H12N2O6S2/c1-18-10(6-12(9(10)14)20(15,16)17)11-8(13)5-7-3-2-4-19-7/h2-4H,5-6H2,1H3,(H,11,13)(H,15,16,17). The molecule has 1 aliphatic rings. The molecule has 1 unspecified atom stereocenters. The third-order valence-electron chi connectivity index (χ3n) is 2.82. The molecule has 20 heavy (non-hydrogen) atoms. The zero-order chi connectivity index (χ0) is 15.0. The van der Waals surface area contributed by atoms with E-state index in [0.29, 0.717) is 0 Å². The normalized spacial score (nSPS) is 22.5. The highest BCUT2D eigenvalue weighted by Gasteiger charge is 2.58. The molecule has 8 nitrogen and oxygen atoms in total. The van der Waals surface area contributed by atoms with E-state index in [2.05, 4.69) is 5.32 Å². The Labute approximate surface area is 119 Å². The molecule has 1 aromatic heterocycles. The Morgan fingerprint density at radius 1 is 1.65 bits per heavy atom. The van der Waals surface area contributed by atoms with Crippen molar-refractivity contribution in [1.29, 1.82) is 0 Å². The molecule has 0 aromatic carbocycles. The number of methoxy groups -OCH3 is 1. The van der Waals surface area contributed by atoms with Crippen molar-refractivity contribution in [1.82, 2.24) is 9.62 Å². The van der Waals surface area contributed by atoms with E-state index in [1.807, 2.05) is 5.38 Å². The Bertz CT molecular complexity index is 626. The minimum absolute atomic E-state index is 0.0575. The van der Waals surface area contributed by atoms with Crippen molar-refractivity contribution in [2.75, 3.05) is 13.7 Å². The van der Waals surface area contributed by atoms with Crippen molar-refractivity contribution in [3.05, 3.63) is 22.4 Å². The largest absolute Gasteiger partial charge is 0.362 e. The van der Waals surface area contributed by atoms with Crippen LogP contribution in [0.1, 0.15) is 4.88 Å². The van der Waals surface area contributed by atoms with E-state index >= 15 is 0 Å². The molecule has 1 atom stereocenters. The molecule has 110 valence electrons. The van der Waals surface area contributed by atoms with Gasteiger partial charge in [0.2, 0.25) is 11.6 Å². The molecule has 0 saturated carbocycles. The summed E-state index contributed by atoms with van der Waals surface area (Å²) < 4.78 is 35.6. The second-order valence-corrected chi connectivity index (χ2v) is 6.49. The van der Waals surface area contributed by atoms with Crippen LogP contribution in [0.2, 0.25) is 0 Å². The summed E-state index contributed by atoms with van der Waals surface area (Å²) in [4.78, 5) is 24.4. The van der Waals surface area contributed by atoms with Crippen LogP contribution in [0.4, 0.5) is 0 Å². The zero-order valence-electron chi connectivity index (χ0n) is 10.4. The summed E-state index contributed by atoms with van der Waals surface area (Å²) in [7, 11) is -3.46. The van der Waals surface area contributed by atoms with Gasteiger partial charge >= 0.3 is 10.3 Å². The van der Waals surface area contributed by atoms with Crippen LogP contribution >= 0.6 is 11.3 Å². The summed E-state index contributed by atoms with van der Waals surface area (Å²) in [6.45, 7) is -0.461. The molecule has 1 aromatic rings. The van der Waals surface area contributed by atoms with Gasteiger partial charge in [-0.3, -0.25) is 14.1 Å². The van der Waals surface area contributed by atoms with Gasteiger partial charge in [0.1, 0.15) is 0 Å². The Balaban J connectivity index is 2.04. The molecule has 1 fully saturated rings. The Morgan fingerprint density at radius 2 is 2.35 bits per heavy atom. The van der Waals surface area contributed by atoms with Gasteiger partial charge in [-0.05, 0) is 11.4 Å². The van der Waals surface area contributed by atoms with Gasteiger partial charge in [-0.15, -0.1) is 11.3 Å². The average molecular weight is 320 g/mol. The highest BCUT2D eigenvalue weighted by atomic mass is 32.2. The first kappa shape index (κ1) is 14.9. The Morgan fingerprint density at radius 3 is 2.80 bits per heavy atom. The van der Waals surface area contributed by atoms with Gasteiger partial charge in [-0.1, -0.05) is 6.07 Å². The number of nitrogens with one attached hydrogen (secondary N) is 1. The lowest BCUT2D eigenvalue weighted by Crippen LogP contribution is -2.76. The monoisotopic (exact) mass is 320 g/mol. The van der Waals surface area contributed by atoms with Crippen LogP contribution in [0.3, 0.4) is 0 Å². The number of ether oxygens (including phenoxy) is 1. The lowest BCUT2D eigenvalue weighted by Gasteiger charge is -2.44. The van der Waals surface area contributed by atoms with Crippen LogP contribution in [0.5, 0.6) is 0 Å². The number of carbonyl (C=O) groups excluding carboxylic acids is 2. The molecule has 2 heterocycles. The van der Waals surface area contributed by atoms with E-state index in [4.69, 9.17) is 9.29 Å². The number of carbonyl (C=O) groups is 2. The molecule has 10 heteroatoms. The minimum atomic E-state index is -4.63. The van der Waals surface area contributed by atoms with Crippen molar-refractivity contribution in [2.24, 2.45) is 0 Å². The molecule has 0 aliphatic carbocycles. The smallest absolute Gasteiger partial charge is 0.349 e. The highest BCUT2D eigenvalue weighted by Crippen LogP contribution is 2.26. The van der Waals surface area contributed by atoms with E-state index in [9.17, 15) is 18.0 Å². The minimum Gasteiger partial charge on any atom is -0.349 e. The zero-order valence-corrected chi connectivity index (χ0v) is 12.0. The quantitative estimate of drug-likeness (QED) is 0.425. The number of nitrogens with zero attached hydrogens (tertiary/aromatic N) is 1. The van der Waals surface area contributed by atoms with Gasteiger partial charge in [0.25, 0.3) is 5.91 Å². The van der Waals surface area contributed by atoms with Gasteiger partial charge in [0.15, 0.2) is 0 Å². The van der Waals surface area contributed by atoms with Crippen LogP contribution in [0.15, 0.2) is 17.5 Å². The summed E-state index contributed by atoms with van der Waals surface area (Å²) in [5.74, 6) is -1.50. The second-order valence-electron chi connectivity index (χ2n) is 4.13. The highest BCUT2D eigenvalue weighted by molar-refractivity contribution is 7.84. The van der Waals surface area contributed by atoms with Crippen molar-refractivity contribution in [3.63, 3.8) is 0 Å². The molecule has 2 rings (SSSR count). The molecule has 0 radical (unpaired) electrons. The molecule has 2 N–H and O–H groups in total. The van der Waals surface area contributed by atoms with Crippen molar-refractivity contribution >= 4 is 33.5 Å². The van der Waals surface area contributed by atoms with Crippen LogP contribution in [0.25, 0.3) is 0 Å². The maximum Gasteiger partial charge on any atom is 0.362 e. The summed E-state index contributed by atoms with van der Waals surface area (Å²) in [5.41, 5.74) is -1.73. The fraction of sp³-hybridized carbons (Fsp3) is 0.400. The number of hydrogen-bond donors (Lipinski definition) is 2. The topological polar surface area (TPSA) is 113 Å². The third-order valence-corrected chi connectivity index (χ3v) is 4.55. The first-order valence-electron chi connectivity index (χ1n) is 5.46. The molecular formula is C10H12N2O6S2. The maximum absolute atomic E-state index is 11.8. The van der Waals surface area contributed by atoms with Gasteiger partial charge in [0.05, 0.1) is 13.0 Å². The second kappa shape index (κ2) is 5.13. The summed E-state index contributed by atoms with van der Waals surface area (Å²) in [6.07, 6.45) is 0.0575. The average Bonchev–Trinajstić information content (AvgIpc) is 2.84.